The molecular formula is C27H33N7O3. The third kappa shape index (κ3) is 4.96. The Hall–Kier alpha value is -4.08. The number of amides is 5. The molecule has 5 rings (SSSR count). The summed E-state index contributed by atoms with van der Waals surface area (Å²) in [6, 6.07) is 10.6. The Labute approximate surface area is 215 Å². The molecule has 0 spiro atoms. The number of likely N-dealkylation sites (tertiary alicyclic amines) is 1. The number of H-pyrrole nitrogens is 1. The first-order valence-corrected chi connectivity index (χ1v) is 12.8. The molecule has 2 aliphatic heterocycles. The molecule has 0 saturated carbocycles. The van der Waals surface area contributed by atoms with Crippen LogP contribution in [0.4, 0.5) is 15.3 Å². The molecule has 194 valence electrons. The van der Waals surface area contributed by atoms with E-state index in [0.717, 1.165) is 45.4 Å². The van der Waals surface area contributed by atoms with Gasteiger partial charge < -0.3 is 26.2 Å². The number of anilines is 1. The lowest BCUT2D eigenvalue weighted by molar-refractivity contribution is -0.119. The topological polar surface area (TPSA) is 136 Å². The zero-order valence-corrected chi connectivity index (χ0v) is 21.2. The van der Waals surface area contributed by atoms with Crippen LogP contribution in [-0.4, -0.2) is 63.1 Å². The molecule has 10 nitrogen and oxygen atoms in total. The van der Waals surface area contributed by atoms with Crippen molar-refractivity contribution in [2.75, 3.05) is 18.4 Å². The lowest BCUT2D eigenvalue weighted by Gasteiger charge is -2.40. The number of carbonyl (C=O) groups is 3. The zero-order valence-electron chi connectivity index (χ0n) is 21.2. The van der Waals surface area contributed by atoms with Crippen molar-refractivity contribution in [1.82, 2.24) is 25.3 Å². The Morgan fingerprint density at radius 1 is 1.22 bits per heavy atom. The second-order valence-corrected chi connectivity index (χ2v) is 9.90. The van der Waals surface area contributed by atoms with Gasteiger partial charge >= 0.3 is 12.1 Å². The van der Waals surface area contributed by atoms with E-state index in [1.165, 1.54) is 0 Å². The number of nitrogens with zero attached hydrogens (tertiary/aromatic N) is 3. The van der Waals surface area contributed by atoms with E-state index in [0.29, 0.717) is 38.9 Å². The van der Waals surface area contributed by atoms with Crippen molar-refractivity contribution in [2.24, 2.45) is 5.73 Å². The van der Waals surface area contributed by atoms with Crippen LogP contribution < -0.4 is 16.4 Å². The molecule has 1 unspecified atom stereocenters. The van der Waals surface area contributed by atoms with Crippen molar-refractivity contribution >= 4 is 34.6 Å². The van der Waals surface area contributed by atoms with Crippen molar-refractivity contribution in [3.63, 3.8) is 0 Å². The predicted octanol–water partition coefficient (Wildman–Crippen LogP) is 3.05. The van der Waals surface area contributed by atoms with Gasteiger partial charge in [-0.15, -0.1) is 0 Å². The fourth-order valence-electron chi connectivity index (χ4n) is 5.36. The van der Waals surface area contributed by atoms with Crippen molar-refractivity contribution < 1.29 is 14.4 Å². The summed E-state index contributed by atoms with van der Waals surface area (Å²) in [6.45, 7) is 5.57. The molecule has 5 N–H and O–H groups in total. The largest absolute Gasteiger partial charge is 0.368 e. The molecule has 1 fully saturated rings. The minimum Gasteiger partial charge on any atom is -0.368 e. The first kappa shape index (κ1) is 24.6. The molecule has 10 heteroatoms. The summed E-state index contributed by atoms with van der Waals surface area (Å²) in [5.41, 5.74) is 11.5. The number of hydrogen-bond acceptors (Lipinski definition) is 4. The number of aromatic amines is 1. The summed E-state index contributed by atoms with van der Waals surface area (Å²) >= 11 is 0. The van der Waals surface area contributed by atoms with Gasteiger partial charge in [-0.25, -0.2) is 9.59 Å². The van der Waals surface area contributed by atoms with Crippen LogP contribution in [0.1, 0.15) is 42.1 Å². The van der Waals surface area contributed by atoms with Gasteiger partial charge in [-0.1, -0.05) is 31.2 Å². The first-order chi connectivity index (χ1) is 17.8. The van der Waals surface area contributed by atoms with Gasteiger partial charge in [-0.3, -0.25) is 9.89 Å². The number of fused-ring (bicyclic) bond motifs is 2. The van der Waals surface area contributed by atoms with Gasteiger partial charge in [0, 0.05) is 48.9 Å². The van der Waals surface area contributed by atoms with Gasteiger partial charge in [0.25, 0.3) is 0 Å². The number of rotatable bonds is 6. The Bertz CT molecular complexity index is 1340. The lowest BCUT2D eigenvalue weighted by atomic mass is 9.98. The van der Waals surface area contributed by atoms with E-state index in [-0.39, 0.29) is 18.1 Å². The monoisotopic (exact) mass is 503 g/mol. The Morgan fingerprint density at radius 2 is 1.97 bits per heavy atom. The highest BCUT2D eigenvalue weighted by Crippen LogP contribution is 2.28. The van der Waals surface area contributed by atoms with Crippen LogP contribution >= 0.6 is 0 Å². The summed E-state index contributed by atoms with van der Waals surface area (Å²) in [4.78, 5) is 41.5. The minimum atomic E-state index is -0.830. The SMILES string of the molecule is CCc1cc(CC(NC(=O)N2CCC(N3Cc4ccccc4NC3=O)CC2)C(N)=O)cc2c(C)[nH]nc12. The highest BCUT2D eigenvalue weighted by molar-refractivity contribution is 5.92. The summed E-state index contributed by atoms with van der Waals surface area (Å²) < 4.78 is 0. The number of piperidine rings is 1. The molecule has 2 aliphatic rings. The molecule has 3 heterocycles. The zero-order chi connectivity index (χ0) is 26.1. The van der Waals surface area contributed by atoms with Crippen LogP contribution in [0.5, 0.6) is 0 Å². The van der Waals surface area contributed by atoms with E-state index in [9.17, 15) is 14.4 Å². The van der Waals surface area contributed by atoms with Crippen LogP contribution in [0.3, 0.4) is 0 Å². The molecule has 0 bridgehead atoms. The Balaban J connectivity index is 1.21. The van der Waals surface area contributed by atoms with Crippen LogP contribution in [0.2, 0.25) is 0 Å². The number of primary amides is 1. The van der Waals surface area contributed by atoms with Crippen LogP contribution in [0, 0.1) is 6.92 Å². The molecule has 3 aromatic rings. The molecule has 1 aromatic heterocycles. The maximum atomic E-state index is 13.1. The average molecular weight is 504 g/mol. The standard InChI is InChI=1S/C27H33N7O3/c1-3-18-12-17(13-21-16(2)31-32-24(18)21)14-23(25(28)35)30-26(36)33-10-8-20(9-11-33)34-15-19-6-4-5-7-22(19)29-27(34)37/h4-7,12-13,20,23H,3,8-11,14-15H2,1-2H3,(H2,28,35)(H,29,37)(H,30,36)(H,31,32). The van der Waals surface area contributed by atoms with Crippen molar-refractivity contribution in [2.45, 2.75) is 58.2 Å². The van der Waals surface area contributed by atoms with Crippen LogP contribution in [0.25, 0.3) is 10.9 Å². The van der Waals surface area contributed by atoms with E-state index >= 15 is 0 Å². The van der Waals surface area contributed by atoms with Gasteiger partial charge in [-0.2, -0.15) is 5.10 Å². The third-order valence-electron chi connectivity index (χ3n) is 7.50. The Morgan fingerprint density at radius 3 is 2.70 bits per heavy atom. The number of benzene rings is 2. The van der Waals surface area contributed by atoms with Crippen molar-refractivity contribution in [3.8, 4) is 0 Å². The summed E-state index contributed by atoms with van der Waals surface area (Å²) in [6.07, 6.45) is 2.44. The second-order valence-electron chi connectivity index (χ2n) is 9.90. The number of carbonyl (C=O) groups excluding carboxylic acids is 3. The van der Waals surface area contributed by atoms with Crippen molar-refractivity contribution in [1.29, 1.82) is 0 Å². The summed E-state index contributed by atoms with van der Waals surface area (Å²) in [5.74, 6) is -0.575. The summed E-state index contributed by atoms with van der Waals surface area (Å²) in [7, 11) is 0. The van der Waals surface area contributed by atoms with Gasteiger partial charge in [0.15, 0.2) is 0 Å². The normalized spacial score (nSPS) is 16.9. The highest BCUT2D eigenvalue weighted by atomic mass is 16.2. The van der Waals surface area contributed by atoms with E-state index < -0.39 is 11.9 Å². The van der Waals surface area contributed by atoms with Gasteiger partial charge in [-0.05, 0) is 55.0 Å². The van der Waals surface area contributed by atoms with Gasteiger partial charge in [0.05, 0.1) is 5.52 Å². The van der Waals surface area contributed by atoms with E-state index in [1.54, 1.807) is 4.90 Å². The summed E-state index contributed by atoms with van der Waals surface area (Å²) in [5, 5.41) is 14.2. The molecule has 37 heavy (non-hydrogen) atoms. The van der Waals surface area contributed by atoms with Crippen molar-refractivity contribution in [3.05, 3.63) is 58.8 Å². The lowest BCUT2D eigenvalue weighted by Crippen LogP contribution is -2.55. The Kier molecular flexibility index (Phi) is 6.73. The molecule has 2 aromatic carbocycles. The average Bonchev–Trinajstić information content (AvgIpc) is 3.27. The molecule has 1 atom stereocenters. The third-order valence-corrected chi connectivity index (χ3v) is 7.50. The number of aryl methyl sites for hydroxylation is 2. The molecule has 1 saturated heterocycles. The van der Waals surface area contributed by atoms with Crippen LogP contribution in [-0.2, 0) is 24.2 Å². The molecule has 5 amide bonds. The van der Waals surface area contributed by atoms with E-state index in [2.05, 4.69) is 27.8 Å². The number of nitrogens with one attached hydrogen (secondary N) is 3. The smallest absolute Gasteiger partial charge is 0.322 e. The van der Waals surface area contributed by atoms with Gasteiger partial charge in [0.1, 0.15) is 6.04 Å². The van der Waals surface area contributed by atoms with Crippen LogP contribution in [0.15, 0.2) is 36.4 Å². The molecule has 0 radical (unpaired) electrons. The maximum absolute atomic E-state index is 13.1. The molecule has 0 aliphatic carbocycles. The minimum absolute atomic E-state index is 0.0433. The fraction of sp³-hybridized carbons (Fsp3) is 0.407. The number of urea groups is 2. The predicted molar refractivity (Wildman–Crippen MR) is 141 cm³/mol. The number of aromatic nitrogens is 2. The number of para-hydroxylation sites is 1. The van der Waals surface area contributed by atoms with Gasteiger partial charge in [0.2, 0.25) is 5.91 Å². The molecular weight excluding hydrogens is 470 g/mol. The number of hydrogen-bond donors (Lipinski definition) is 4. The second kappa shape index (κ2) is 10.1. The number of nitrogens with two attached hydrogens (primary N) is 1. The fourth-order valence-corrected chi connectivity index (χ4v) is 5.36. The first-order valence-electron chi connectivity index (χ1n) is 12.8. The van der Waals surface area contributed by atoms with E-state index in [1.807, 2.05) is 48.2 Å². The van der Waals surface area contributed by atoms with E-state index in [4.69, 9.17) is 5.73 Å². The maximum Gasteiger partial charge on any atom is 0.322 e. The highest BCUT2D eigenvalue weighted by Gasteiger charge is 2.33. The quantitative estimate of drug-likeness (QED) is 0.411.